The maximum Gasteiger partial charge on any atom is 0.0872 e. The third-order valence-electron chi connectivity index (χ3n) is 2.66. The Morgan fingerprint density at radius 3 is 2.46 bits per heavy atom. The molecule has 13 heavy (non-hydrogen) atoms. The van der Waals surface area contributed by atoms with E-state index in [0.717, 1.165) is 19.6 Å². The minimum absolute atomic E-state index is 0.571. The van der Waals surface area contributed by atoms with Gasteiger partial charge in [0.2, 0.25) is 0 Å². The molecule has 1 fully saturated rings. The standard InChI is InChI=1S/C10H22N2O/c1-9-5-6-12(9)8-10(2,13)7-11(3)4/h9,13H,5-8H2,1-4H3. The maximum atomic E-state index is 10.1. The number of hydrogen-bond donors (Lipinski definition) is 1. The van der Waals surface area contributed by atoms with Crippen molar-refractivity contribution in [3.63, 3.8) is 0 Å². The molecule has 1 heterocycles. The summed E-state index contributed by atoms with van der Waals surface area (Å²) in [5.41, 5.74) is -0.571. The van der Waals surface area contributed by atoms with Crippen LogP contribution in [0.3, 0.4) is 0 Å². The predicted molar refractivity (Wildman–Crippen MR) is 54.8 cm³/mol. The van der Waals surface area contributed by atoms with Crippen LogP contribution in [0.4, 0.5) is 0 Å². The molecule has 0 aromatic rings. The van der Waals surface area contributed by atoms with E-state index >= 15 is 0 Å². The second kappa shape index (κ2) is 3.95. The average molecular weight is 186 g/mol. The Morgan fingerprint density at radius 2 is 2.15 bits per heavy atom. The normalized spacial score (nSPS) is 28.6. The molecule has 2 atom stereocenters. The third-order valence-corrected chi connectivity index (χ3v) is 2.66. The molecular formula is C10H22N2O. The molecule has 0 spiro atoms. The van der Waals surface area contributed by atoms with Crippen LogP contribution < -0.4 is 0 Å². The fourth-order valence-corrected chi connectivity index (χ4v) is 1.97. The van der Waals surface area contributed by atoms with Gasteiger partial charge in [0.05, 0.1) is 5.60 Å². The minimum Gasteiger partial charge on any atom is -0.388 e. The van der Waals surface area contributed by atoms with Crippen LogP contribution >= 0.6 is 0 Å². The van der Waals surface area contributed by atoms with Crippen molar-refractivity contribution in [3.05, 3.63) is 0 Å². The first-order chi connectivity index (χ1) is 5.91. The van der Waals surface area contributed by atoms with Crippen LogP contribution in [0.2, 0.25) is 0 Å². The van der Waals surface area contributed by atoms with E-state index in [2.05, 4.69) is 11.8 Å². The first-order valence-electron chi connectivity index (χ1n) is 5.02. The molecule has 0 saturated carbocycles. The monoisotopic (exact) mass is 186 g/mol. The molecule has 0 bridgehead atoms. The largest absolute Gasteiger partial charge is 0.388 e. The van der Waals surface area contributed by atoms with Crippen LogP contribution in [0.5, 0.6) is 0 Å². The maximum absolute atomic E-state index is 10.1. The molecule has 1 saturated heterocycles. The Bertz CT molecular complexity index is 168. The zero-order valence-corrected chi connectivity index (χ0v) is 9.25. The molecule has 1 aliphatic heterocycles. The fraction of sp³-hybridized carbons (Fsp3) is 1.00. The molecule has 78 valence electrons. The lowest BCUT2D eigenvalue weighted by Crippen LogP contribution is -2.55. The first kappa shape index (κ1) is 11.0. The van der Waals surface area contributed by atoms with E-state index in [1.54, 1.807) is 0 Å². The van der Waals surface area contributed by atoms with Gasteiger partial charge >= 0.3 is 0 Å². The van der Waals surface area contributed by atoms with Crippen molar-refractivity contribution in [3.8, 4) is 0 Å². The molecule has 1 rings (SSSR count). The molecule has 3 nitrogen and oxygen atoms in total. The number of rotatable bonds is 4. The summed E-state index contributed by atoms with van der Waals surface area (Å²) in [6.07, 6.45) is 1.28. The van der Waals surface area contributed by atoms with Gasteiger partial charge in [-0.1, -0.05) is 0 Å². The van der Waals surface area contributed by atoms with Crippen molar-refractivity contribution in [2.24, 2.45) is 0 Å². The summed E-state index contributed by atoms with van der Waals surface area (Å²) in [6, 6.07) is 0.661. The van der Waals surface area contributed by atoms with Gasteiger partial charge in [0.25, 0.3) is 0 Å². The van der Waals surface area contributed by atoms with Crippen LogP contribution in [0.1, 0.15) is 20.3 Å². The molecule has 0 aromatic heterocycles. The first-order valence-corrected chi connectivity index (χ1v) is 5.02. The van der Waals surface area contributed by atoms with Crippen molar-refractivity contribution < 1.29 is 5.11 Å². The highest BCUT2D eigenvalue weighted by molar-refractivity contribution is 4.87. The summed E-state index contributed by atoms with van der Waals surface area (Å²) in [6.45, 7) is 6.81. The molecular weight excluding hydrogens is 164 g/mol. The smallest absolute Gasteiger partial charge is 0.0872 e. The second-order valence-electron chi connectivity index (χ2n) is 4.84. The van der Waals surface area contributed by atoms with Gasteiger partial charge in [-0.3, -0.25) is 4.90 Å². The summed E-state index contributed by atoms with van der Waals surface area (Å²) in [5.74, 6) is 0. The summed E-state index contributed by atoms with van der Waals surface area (Å²) >= 11 is 0. The lowest BCUT2D eigenvalue weighted by Gasteiger charge is -2.43. The van der Waals surface area contributed by atoms with E-state index < -0.39 is 5.60 Å². The number of likely N-dealkylation sites (tertiary alicyclic amines) is 1. The van der Waals surface area contributed by atoms with Crippen LogP contribution in [-0.4, -0.2) is 60.3 Å². The Labute approximate surface area is 81.3 Å². The summed E-state index contributed by atoms with van der Waals surface area (Å²) in [5, 5.41) is 10.1. The molecule has 0 radical (unpaired) electrons. The van der Waals surface area contributed by atoms with Gasteiger partial charge < -0.3 is 10.0 Å². The zero-order valence-electron chi connectivity index (χ0n) is 9.25. The molecule has 0 aliphatic carbocycles. The molecule has 3 heteroatoms. The van der Waals surface area contributed by atoms with E-state index in [1.165, 1.54) is 6.42 Å². The van der Waals surface area contributed by atoms with Gasteiger partial charge in [-0.2, -0.15) is 0 Å². The Balaban J connectivity index is 2.32. The Morgan fingerprint density at radius 1 is 1.54 bits per heavy atom. The number of β-amino-alcohol motifs (C(OH)–C–C–N with tert-alkyl or cyclic N) is 1. The highest BCUT2D eigenvalue weighted by Crippen LogP contribution is 2.19. The van der Waals surface area contributed by atoms with Crippen molar-refractivity contribution in [1.82, 2.24) is 9.80 Å². The molecule has 2 unspecified atom stereocenters. The van der Waals surface area contributed by atoms with Gasteiger partial charge in [-0.15, -0.1) is 0 Å². The van der Waals surface area contributed by atoms with Crippen molar-refractivity contribution >= 4 is 0 Å². The highest BCUT2D eigenvalue weighted by atomic mass is 16.3. The summed E-state index contributed by atoms with van der Waals surface area (Å²) < 4.78 is 0. The minimum atomic E-state index is -0.571. The number of nitrogens with zero attached hydrogens (tertiary/aromatic N) is 2. The van der Waals surface area contributed by atoms with Crippen molar-refractivity contribution in [2.45, 2.75) is 31.9 Å². The molecule has 1 aliphatic rings. The van der Waals surface area contributed by atoms with Gasteiger partial charge in [-0.25, -0.2) is 0 Å². The average Bonchev–Trinajstić information content (AvgIpc) is 1.95. The lowest BCUT2D eigenvalue weighted by atomic mass is 9.99. The number of hydrogen-bond acceptors (Lipinski definition) is 3. The number of likely N-dealkylation sites (N-methyl/N-ethyl adjacent to an activating group) is 1. The number of aliphatic hydroxyl groups is 1. The fourth-order valence-electron chi connectivity index (χ4n) is 1.97. The summed E-state index contributed by atoms with van der Waals surface area (Å²) in [7, 11) is 3.99. The quantitative estimate of drug-likeness (QED) is 0.688. The van der Waals surface area contributed by atoms with Crippen molar-refractivity contribution in [1.29, 1.82) is 0 Å². The topological polar surface area (TPSA) is 26.7 Å². The van der Waals surface area contributed by atoms with Crippen LogP contribution in [0.25, 0.3) is 0 Å². The zero-order chi connectivity index (χ0) is 10.1. The Hall–Kier alpha value is -0.120. The second-order valence-corrected chi connectivity index (χ2v) is 4.84. The van der Waals surface area contributed by atoms with E-state index in [9.17, 15) is 5.11 Å². The van der Waals surface area contributed by atoms with Crippen LogP contribution in [-0.2, 0) is 0 Å². The van der Waals surface area contributed by atoms with E-state index in [0.29, 0.717) is 6.04 Å². The SMILES string of the molecule is CC1CCN1CC(C)(O)CN(C)C. The lowest BCUT2D eigenvalue weighted by molar-refractivity contribution is -0.0341. The highest BCUT2D eigenvalue weighted by Gasteiger charge is 2.31. The molecule has 0 aromatic carbocycles. The van der Waals surface area contributed by atoms with Gasteiger partial charge in [-0.05, 0) is 34.4 Å². The van der Waals surface area contributed by atoms with Crippen LogP contribution in [0, 0.1) is 0 Å². The van der Waals surface area contributed by atoms with Crippen LogP contribution in [0.15, 0.2) is 0 Å². The molecule has 1 N–H and O–H groups in total. The Kier molecular flexibility index (Phi) is 3.33. The van der Waals surface area contributed by atoms with E-state index in [-0.39, 0.29) is 0 Å². The molecule has 0 amide bonds. The van der Waals surface area contributed by atoms with Gasteiger partial charge in [0.15, 0.2) is 0 Å². The van der Waals surface area contributed by atoms with Gasteiger partial charge in [0.1, 0.15) is 0 Å². The third kappa shape index (κ3) is 3.25. The van der Waals surface area contributed by atoms with Gasteiger partial charge in [0, 0.05) is 25.7 Å². The van der Waals surface area contributed by atoms with Crippen molar-refractivity contribution in [2.75, 3.05) is 33.7 Å². The van der Waals surface area contributed by atoms with E-state index in [4.69, 9.17) is 0 Å². The summed E-state index contributed by atoms with van der Waals surface area (Å²) in [4.78, 5) is 4.37. The van der Waals surface area contributed by atoms with E-state index in [1.807, 2.05) is 25.9 Å². The predicted octanol–water partition coefficient (Wildman–Crippen LogP) is 0.393.